The average molecular weight is 611 g/mol. The standard InChI is InChI=1S/C32H48F6O4/c1-27(2,41)13-6-14-28(3,15-7-17-30(42,31(33,34)35)32(36,37)38)26-12-11-25-22(8-5-16-29(25,26)4)10-9-21-18-23(39)20-24(40)19-21/h7,9-10,17,23-26,39-42H,5-6,8,11-16,18-20H2,1-4H3/b17-7+,21-9?,22-10+/t23-,24?,25?,26?,28+,29+/m1/s1. The second kappa shape index (κ2) is 12.6. The zero-order chi connectivity index (χ0) is 31.8. The van der Waals surface area contributed by atoms with Gasteiger partial charge >= 0.3 is 12.4 Å². The monoisotopic (exact) mass is 610 g/mol. The Labute approximate surface area is 245 Å². The summed E-state index contributed by atoms with van der Waals surface area (Å²) in [5, 5.41) is 40.1. The molecule has 0 bridgehead atoms. The molecular formula is C32H48F6O4. The first-order valence-corrected chi connectivity index (χ1v) is 15.1. The van der Waals surface area contributed by atoms with Gasteiger partial charge in [0.25, 0.3) is 5.60 Å². The first kappa shape index (κ1) is 35.1. The van der Waals surface area contributed by atoms with Crippen molar-refractivity contribution in [2.24, 2.45) is 22.7 Å². The molecule has 3 rings (SSSR count). The molecule has 0 aromatic rings. The van der Waals surface area contributed by atoms with Gasteiger partial charge in [-0.1, -0.05) is 49.6 Å². The summed E-state index contributed by atoms with van der Waals surface area (Å²) in [6.45, 7) is 7.44. The van der Waals surface area contributed by atoms with Crippen LogP contribution in [0.3, 0.4) is 0 Å². The Morgan fingerprint density at radius 2 is 1.48 bits per heavy atom. The van der Waals surface area contributed by atoms with Crippen LogP contribution in [-0.4, -0.2) is 56.2 Å². The molecule has 6 atom stereocenters. The number of aliphatic hydroxyl groups is 4. The van der Waals surface area contributed by atoms with Crippen LogP contribution in [0.25, 0.3) is 0 Å². The fourth-order valence-electron chi connectivity index (χ4n) is 8.11. The molecule has 0 amide bonds. The van der Waals surface area contributed by atoms with E-state index in [4.69, 9.17) is 0 Å². The van der Waals surface area contributed by atoms with Crippen molar-refractivity contribution in [3.63, 3.8) is 0 Å². The third kappa shape index (κ3) is 7.83. The minimum Gasteiger partial charge on any atom is -0.393 e. The van der Waals surface area contributed by atoms with Gasteiger partial charge in [-0.05, 0) is 113 Å². The Balaban J connectivity index is 1.91. The number of hydrogen-bond acceptors (Lipinski definition) is 4. The van der Waals surface area contributed by atoms with Gasteiger partial charge in [0.15, 0.2) is 0 Å². The fourth-order valence-corrected chi connectivity index (χ4v) is 8.11. The number of rotatable bonds is 9. The van der Waals surface area contributed by atoms with Crippen molar-refractivity contribution in [1.29, 1.82) is 0 Å². The van der Waals surface area contributed by atoms with E-state index in [1.54, 1.807) is 13.8 Å². The van der Waals surface area contributed by atoms with E-state index in [9.17, 15) is 46.8 Å². The largest absolute Gasteiger partial charge is 0.429 e. The van der Waals surface area contributed by atoms with Gasteiger partial charge in [0, 0.05) is 0 Å². The molecule has 0 saturated heterocycles. The van der Waals surface area contributed by atoms with Gasteiger partial charge in [0.05, 0.1) is 17.8 Å². The molecule has 4 nitrogen and oxygen atoms in total. The molecule has 0 radical (unpaired) electrons. The van der Waals surface area contributed by atoms with E-state index >= 15 is 0 Å². The maximum Gasteiger partial charge on any atom is 0.429 e. The van der Waals surface area contributed by atoms with Crippen molar-refractivity contribution in [1.82, 2.24) is 0 Å². The zero-order valence-corrected chi connectivity index (χ0v) is 25.2. The van der Waals surface area contributed by atoms with Crippen LogP contribution < -0.4 is 0 Å². The highest BCUT2D eigenvalue weighted by molar-refractivity contribution is 5.27. The van der Waals surface area contributed by atoms with Crippen LogP contribution in [0.4, 0.5) is 26.3 Å². The summed E-state index contributed by atoms with van der Waals surface area (Å²) in [5.41, 5.74) is -4.53. The van der Waals surface area contributed by atoms with Gasteiger partial charge in [0.1, 0.15) is 0 Å². The molecule has 3 aliphatic rings. The molecule has 4 N–H and O–H groups in total. The number of fused-ring (bicyclic) bond motifs is 1. The Morgan fingerprint density at radius 1 is 0.881 bits per heavy atom. The second-order valence-corrected chi connectivity index (χ2v) is 14.2. The fraction of sp³-hybridized carbons (Fsp3) is 0.812. The average Bonchev–Trinajstić information content (AvgIpc) is 3.18. The molecule has 3 unspecified atom stereocenters. The molecule has 0 aromatic carbocycles. The molecule has 3 aliphatic carbocycles. The normalized spacial score (nSPS) is 33.4. The molecule has 242 valence electrons. The minimum absolute atomic E-state index is 0.000925. The van der Waals surface area contributed by atoms with Crippen molar-refractivity contribution in [2.45, 2.75) is 141 Å². The molecule has 0 aliphatic heterocycles. The summed E-state index contributed by atoms with van der Waals surface area (Å²) < 4.78 is 80.1. The number of alkyl halides is 6. The number of halogens is 6. The van der Waals surface area contributed by atoms with E-state index in [0.717, 1.165) is 43.8 Å². The first-order chi connectivity index (χ1) is 19.1. The van der Waals surface area contributed by atoms with E-state index < -0.39 is 41.2 Å². The lowest BCUT2D eigenvalue weighted by Crippen LogP contribution is -2.55. The van der Waals surface area contributed by atoms with Crippen molar-refractivity contribution in [2.75, 3.05) is 0 Å². The second-order valence-electron chi connectivity index (χ2n) is 14.2. The smallest absolute Gasteiger partial charge is 0.393 e. The Kier molecular flexibility index (Phi) is 10.5. The molecule has 0 spiro atoms. The predicted molar refractivity (Wildman–Crippen MR) is 149 cm³/mol. The van der Waals surface area contributed by atoms with Crippen LogP contribution >= 0.6 is 0 Å². The van der Waals surface area contributed by atoms with Crippen LogP contribution in [0.15, 0.2) is 35.5 Å². The highest BCUT2D eigenvalue weighted by Gasteiger charge is 2.69. The number of hydrogen-bond donors (Lipinski definition) is 4. The minimum atomic E-state index is -5.91. The summed E-state index contributed by atoms with van der Waals surface area (Å²) in [6.07, 6.45) is -1.06. The Bertz CT molecular complexity index is 997. The lowest BCUT2D eigenvalue weighted by molar-refractivity contribution is -0.347. The van der Waals surface area contributed by atoms with E-state index in [2.05, 4.69) is 13.0 Å². The highest BCUT2D eigenvalue weighted by Crippen LogP contribution is 2.64. The zero-order valence-electron chi connectivity index (χ0n) is 25.2. The van der Waals surface area contributed by atoms with Gasteiger partial charge in [-0.15, -0.1) is 0 Å². The Hall–Kier alpha value is -1.36. The van der Waals surface area contributed by atoms with Crippen LogP contribution in [0.2, 0.25) is 0 Å². The summed E-state index contributed by atoms with van der Waals surface area (Å²) in [6, 6.07) is 0. The lowest BCUT2D eigenvalue weighted by Gasteiger charge is -2.49. The maximum absolute atomic E-state index is 13.3. The van der Waals surface area contributed by atoms with Gasteiger partial charge < -0.3 is 20.4 Å². The molecule has 10 heteroatoms. The predicted octanol–water partition coefficient (Wildman–Crippen LogP) is 7.71. The molecule has 0 heterocycles. The molecule has 3 saturated carbocycles. The molecular weight excluding hydrogens is 562 g/mol. The van der Waals surface area contributed by atoms with Crippen molar-refractivity contribution >= 4 is 0 Å². The summed E-state index contributed by atoms with van der Waals surface area (Å²) in [5.74, 6) is 0.201. The van der Waals surface area contributed by atoms with E-state index in [-0.39, 0.29) is 29.7 Å². The van der Waals surface area contributed by atoms with E-state index in [1.807, 2.05) is 13.0 Å². The lowest BCUT2D eigenvalue weighted by atomic mass is 9.55. The maximum atomic E-state index is 13.3. The van der Waals surface area contributed by atoms with E-state index in [0.29, 0.717) is 38.5 Å². The third-order valence-electron chi connectivity index (χ3n) is 10.2. The summed E-state index contributed by atoms with van der Waals surface area (Å²) in [7, 11) is 0. The third-order valence-corrected chi connectivity index (χ3v) is 10.2. The summed E-state index contributed by atoms with van der Waals surface area (Å²) in [4.78, 5) is 0. The number of allylic oxidation sites excluding steroid dienone is 4. The van der Waals surface area contributed by atoms with Crippen LogP contribution in [-0.2, 0) is 0 Å². The topological polar surface area (TPSA) is 80.9 Å². The van der Waals surface area contributed by atoms with Gasteiger partial charge in [-0.25, -0.2) is 0 Å². The Morgan fingerprint density at radius 3 is 2.02 bits per heavy atom. The van der Waals surface area contributed by atoms with Gasteiger partial charge in [-0.3, -0.25) is 0 Å². The SMILES string of the molecule is CC(C)(O)CCC[C@@](C)(C/C=C/C(O)(C(F)(F)F)C(F)(F)F)C1CCC2/C(=C/C=C3CC(O)C[C@H](O)C3)CCC[C@@]21C. The van der Waals surface area contributed by atoms with Gasteiger partial charge in [-0.2, -0.15) is 26.3 Å². The van der Waals surface area contributed by atoms with Gasteiger partial charge in [0.2, 0.25) is 0 Å². The van der Waals surface area contributed by atoms with Crippen LogP contribution in [0.5, 0.6) is 0 Å². The first-order valence-electron chi connectivity index (χ1n) is 15.1. The quantitative estimate of drug-likeness (QED) is 0.159. The summed E-state index contributed by atoms with van der Waals surface area (Å²) >= 11 is 0. The molecule has 3 fully saturated rings. The van der Waals surface area contributed by atoms with Crippen molar-refractivity contribution < 1.29 is 46.8 Å². The van der Waals surface area contributed by atoms with Crippen LogP contribution in [0, 0.1) is 22.7 Å². The number of aliphatic hydroxyl groups excluding tert-OH is 2. The van der Waals surface area contributed by atoms with E-state index in [1.165, 1.54) is 5.57 Å². The highest BCUT2D eigenvalue weighted by atomic mass is 19.4. The van der Waals surface area contributed by atoms with Crippen LogP contribution in [0.1, 0.15) is 105 Å². The van der Waals surface area contributed by atoms with Crippen molar-refractivity contribution in [3.8, 4) is 0 Å². The molecule has 42 heavy (non-hydrogen) atoms. The van der Waals surface area contributed by atoms with Crippen molar-refractivity contribution in [3.05, 3.63) is 35.5 Å². The molecule has 0 aromatic heterocycles.